The van der Waals surface area contributed by atoms with E-state index in [9.17, 15) is 9.59 Å². The number of ether oxygens (including phenoxy) is 1. The van der Waals surface area contributed by atoms with Crippen molar-refractivity contribution in [3.63, 3.8) is 0 Å². The van der Waals surface area contributed by atoms with Gasteiger partial charge in [-0.2, -0.15) is 0 Å². The molecule has 0 atom stereocenters. The van der Waals surface area contributed by atoms with Gasteiger partial charge in [-0.05, 0) is 49.2 Å². The predicted molar refractivity (Wildman–Crippen MR) is 96.1 cm³/mol. The molecule has 0 bridgehead atoms. The summed E-state index contributed by atoms with van der Waals surface area (Å²) in [6.07, 6.45) is 1.08. The van der Waals surface area contributed by atoms with Gasteiger partial charge in [0.15, 0.2) is 0 Å². The molecular formula is C18H17BrN2O3. The van der Waals surface area contributed by atoms with E-state index < -0.39 is 5.41 Å². The summed E-state index contributed by atoms with van der Waals surface area (Å²) in [5, 5.41) is 5.62. The van der Waals surface area contributed by atoms with Crippen LogP contribution in [0, 0.1) is 5.41 Å². The van der Waals surface area contributed by atoms with Crippen molar-refractivity contribution in [3.05, 3.63) is 53.0 Å². The van der Waals surface area contributed by atoms with E-state index >= 15 is 0 Å². The SMILES string of the molecule is COc1ccccc1NC(=O)C1(C(=O)Nc2ccc(Br)cc2)CC1. The Morgan fingerprint density at radius 3 is 2.25 bits per heavy atom. The Bertz CT molecular complexity index is 770. The summed E-state index contributed by atoms with van der Waals surface area (Å²) < 4.78 is 6.15. The molecule has 5 nitrogen and oxygen atoms in total. The van der Waals surface area contributed by atoms with E-state index in [1.165, 1.54) is 7.11 Å². The van der Waals surface area contributed by atoms with Gasteiger partial charge >= 0.3 is 0 Å². The van der Waals surface area contributed by atoms with Gasteiger partial charge in [0.1, 0.15) is 11.2 Å². The molecule has 2 N–H and O–H groups in total. The molecule has 0 heterocycles. The summed E-state index contributed by atoms with van der Waals surface area (Å²) in [6.45, 7) is 0. The molecule has 1 aliphatic carbocycles. The maximum atomic E-state index is 12.6. The molecule has 24 heavy (non-hydrogen) atoms. The van der Waals surface area contributed by atoms with Crippen molar-refractivity contribution < 1.29 is 14.3 Å². The summed E-state index contributed by atoms with van der Waals surface area (Å²) in [6, 6.07) is 14.4. The lowest BCUT2D eigenvalue weighted by atomic mass is 10.0. The maximum absolute atomic E-state index is 12.6. The third-order valence-electron chi connectivity index (χ3n) is 4.08. The van der Waals surface area contributed by atoms with Crippen LogP contribution in [-0.4, -0.2) is 18.9 Å². The number of halogens is 1. The molecule has 0 spiro atoms. The first-order valence-electron chi connectivity index (χ1n) is 7.57. The molecule has 6 heteroatoms. The smallest absolute Gasteiger partial charge is 0.240 e. The van der Waals surface area contributed by atoms with Crippen molar-refractivity contribution in [2.75, 3.05) is 17.7 Å². The maximum Gasteiger partial charge on any atom is 0.240 e. The molecule has 1 saturated carbocycles. The summed E-state index contributed by atoms with van der Waals surface area (Å²) in [5.74, 6) is -0.0196. The van der Waals surface area contributed by atoms with Crippen molar-refractivity contribution in [2.24, 2.45) is 5.41 Å². The van der Waals surface area contributed by atoms with Crippen LogP contribution in [0.5, 0.6) is 5.75 Å². The van der Waals surface area contributed by atoms with Crippen molar-refractivity contribution in [1.29, 1.82) is 0 Å². The number of nitrogens with one attached hydrogen (secondary N) is 2. The number of para-hydroxylation sites is 2. The number of hydrogen-bond acceptors (Lipinski definition) is 3. The Morgan fingerprint density at radius 2 is 1.62 bits per heavy atom. The Morgan fingerprint density at radius 1 is 1.00 bits per heavy atom. The summed E-state index contributed by atoms with van der Waals surface area (Å²) >= 11 is 3.35. The average molecular weight is 389 g/mol. The van der Waals surface area contributed by atoms with E-state index in [2.05, 4.69) is 26.6 Å². The quantitative estimate of drug-likeness (QED) is 0.765. The molecular weight excluding hydrogens is 372 g/mol. The van der Waals surface area contributed by atoms with E-state index in [0.29, 0.717) is 30.0 Å². The van der Waals surface area contributed by atoms with Crippen molar-refractivity contribution >= 4 is 39.1 Å². The van der Waals surface area contributed by atoms with E-state index in [0.717, 1.165) is 4.47 Å². The van der Waals surface area contributed by atoms with Gasteiger partial charge in [0.2, 0.25) is 11.8 Å². The van der Waals surface area contributed by atoms with E-state index in [4.69, 9.17) is 4.74 Å². The van der Waals surface area contributed by atoms with Gasteiger partial charge in [-0.25, -0.2) is 0 Å². The molecule has 2 aromatic rings. The van der Waals surface area contributed by atoms with Crippen molar-refractivity contribution in [2.45, 2.75) is 12.8 Å². The van der Waals surface area contributed by atoms with Crippen molar-refractivity contribution in [1.82, 2.24) is 0 Å². The molecule has 124 valence electrons. The molecule has 3 rings (SSSR count). The van der Waals surface area contributed by atoms with E-state index in [1.54, 1.807) is 30.3 Å². The number of hydrogen-bond donors (Lipinski definition) is 2. The molecule has 1 fully saturated rings. The fourth-order valence-corrected chi connectivity index (χ4v) is 2.72. The Balaban J connectivity index is 1.71. The fraction of sp³-hybridized carbons (Fsp3) is 0.222. The molecule has 0 unspecified atom stereocenters. The summed E-state index contributed by atoms with van der Waals surface area (Å²) in [5.41, 5.74) is 0.223. The summed E-state index contributed by atoms with van der Waals surface area (Å²) in [7, 11) is 1.54. The second-order valence-corrected chi connectivity index (χ2v) is 6.61. The molecule has 0 radical (unpaired) electrons. The minimum Gasteiger partial charge on any atom is -0.495 e. The third-order valence-corrected chi connectivity index (χ3v) is 4.61. The van der Waals surface area contributed by atoms with Crippen molar-refractivity contribution in [3.8, 4) is 5.75 Å². The van der Waals surface area contributed by atoms with Crippen LogP contribution < -0.4 is 15.4 Å². The highest BCUT2D eigenvalue weighted by Crippen LogP contribution is 2.48. The average Bonchev–Trinajstić information content (AvgIpc) is 3.39. The van der Waals surface area contributed by atoms with Gasteiger partial charge in [-0.3, -0.25) is 9.59 Å². The van der Waals surface area contributed by atoms with Crippen LogP contribution in [-0.2, 0) is 9.59 Å². The molecule has 2 aromatic carbocycles. The summed E-state index contributed by atoms with van der Waals surface area (Å²) in [4.78, 5) is 25.2. The highest BCUT2D eigenvalue weighted by molar-refractivity contribution is 9.10. The molecule has 0 saturated heterocycles. The van der Waals surface area contributed by atoms with Gasteiger partial charge in [-0.15, -0.1) is 0 Å². The zero-order valence-corrected chi connectivity index (χ0v) is 14.7. The first-order chi connectivity index (χ1) is 11.5. The van der Waals surface area contributed by atoms with Gasteiger partial charge < -0.3 is 15.4 Å². The number of amides is 2. The number of carbonyl (C=O) groups is 2. The highest BCUT2D eigenvalue weighted by Gasteiger charge is 2.56. The largest absolute Gasteiger partial charge is 0.495 e. The zero-order chi connectivity index (χ0) is 17.2. The molecule has 0 aliphatic heterocycles. The number of anilines is 2. The van der Waals surface area contributed by atoms with Crippen LogP contribution in [0.25, 0.3) is 0 Å². The normalized spacial score (nSPS) is 14.6. The van der Waals surface area contributed by atoms with Crippen LogP contribution in [0.4, 0.5) is 11.4 Å². The molecule has 0 aromatic heterocycles. The number of benzene rings is 2. The monoisotopic (exact) mass is 388 g/mol. The second-order valence-electron chi connectivity index (χ2n) is 5.70. The number of carbonyl (C=O) groups excluding carboxylic acids is 2. The third kappa shape index (κ3) is 3.28. The van der Waals surface area contributed by atoms with Crippen LogP contribution in [0.3, 0.4) is 0 Å². The van der Waals surface area contributed by atoms with Gasteiger partial charge in [0.05, 0.1) is 12.8 Å². The first-order valence-corrected chi connectivity index (χ1v) is 8.36. The number of rotatable bonds is 5. The van der Waals surface area contributed by atoms with Crippen LogP contribution in [0.2, 0.25) is 0 Å². The van der Waals surface area contributed by atoms with Gasteiger partial charge in [0.25, 0.3) is 0 Å². The molecule has 2 amide bonds. The highest BCUT2D eigenvalue weighted by atomic mass is 79.9. The van der Waals surface area contributed by atoms with Gasteiger partial charge in [0, 0.05) is 10.2 Å². The first kappa shape index (κ1) is 16.5. The van der Waals surface area contributed by atoms with Crippen LogP contribution >= 0.6 is 15.9 Å². The van der Waals surface area contributed by atoms with Gasteiger partial charge in [-0.1, -0.05) is 28.1 Å². The van der Waals surface area contributed by atoms with E-state index in [1.807, 2.05) is 18.2 Å². The zero-order valence-electron chi connectivity index (χ0n) is 13.1. The lowest BCUT2D eigenvalue weighted by Gasteiger charge is -2.16. The number of methoxy groups -OCH3 is 1. The van der Waals surface area contributed by atoms with E-state index in [-0.39, 0.29) is 11.8 Å². The lowest BCUT2D eigenvalue weighted by Crippen LogP contribution is -2.35. The molecule has 1 aliphatic rings. The minimum absolute atomic E-state index is 0.280. The Kier molecular flexibility index (Phi) is 4.57. The van der Waals surface area contributed by atoms with Crippen LogP contribution in [0.15, 0.2) is 53.0 Å². The Labute approximate surface area is 148 Å². The standard InChI is InChI=1S/C18H17BrN2O3/c1-24-15-5-3-2-4-14(15)21-17(23)18(10-11-18)16(22)20-13-8-6-12(19)7-9-13/h2-9H,10-11H2,1H3,(H,20,22)(H,21,23). The fourth-order valence-electron chi connectivity index (χ4n) is 2.46. The Hall–Kier alpha value is -2.34. The predicted octanol–water partition coefficient (Wildman–Crippen LogP) is 3.82. The topological polar surface area (TPSA) is 67.4 Å². The second kappa shape index (κ2) is 6.65. The van der Waals surface area contributed by atoms with Crippen LogP contribution in [0.1, 0.15) is 12.8 Å². The minimum atomic E-state index is -1.01. The lowest BCUT2D eigenvalue weighted by molar-refractivity contribution is -0.131.